The van der Waals surface area contributed by atoms with Crippen molar-refractivity contribution in [1.29, 1.82) is 0 Å². The third-order valence-corrected chi connectivity index (χ3v) is 3.96. The number of rotatable bonds is 5. The van der Waals surface area contributed by atoms with Gasteiger partial charge in [0.05, 0.1) is 12.7 Å². The molecule has 112 valence electrons. The Labute approximate surface area is 127 Å². The largest absolute Gasteiger partial charge is 0.493 e. The Balaban J connectivity index is 2.43. The van der Waals surface area contributed by atoms with Crippen molar-refractivity contribution in [3.8, 4) is 5.75 Å². The normalized spacial score (nSPS) is 13.0. The number of aliphatic hydroxyl groups is 1. The highest BCUT2D eigenvalue weighted by molar-refractivity contribution is 5.41. The highest BCUT2D eigenvalue weighted by atomic mass is 16.5. The lowest BCUT2D eigenvalue weighted by atomic mass is 9.76. The number of aryl methyl sites for hydroxylation is 1. The zero-order chi connectivity index (χ0) is 15.5. The van der Waals surface area contributed by atoms with Crippen LogP contribution in [0.25, 0.3) is 0 Å². The van der Waals surface area contributed by atoms with E-state index in [1.807, 2.05) is 50.2 Å². The molecule has 0 saturated carbocycles. The van der Waals surface area contributed by atoms with Gasteiger partial charge in [-0.1, -0.05) is 55.8 Å². The Hall–Kier alpha value is -1.80. The fourth-order valence-electron chi connectivity index (χ4n) is 2.58. The van der Waals surface area contributed by atoms with Crippen LogP contribution in [0.2, 0.25) is 0 Å². The van der Waals surface area contributed by atoms with Crippen LogP contribution in [-0.2, 0) is 5.41 Å². The molecular weight excluding hydrogens is 260 g/mol. The maximum absolute atomic E-state index is 11.0. The van der Waals surface area contributed by atoms with E-state index in [0.29, 0.717) is 6.61 Å². The SMILES string of the molecule is CCOc1ccc(C)cc1C(O)C(C)(C)c1ccccc1. The van der Waals surface area contributed by atoms with Gasteiger partial charge in [-0.2, -0.15) is 0 Å². The summed E-state index contributed by atoms with van der Waals surface area (Å²) in [5.41, 5.74) is 2.70. The van der Waals surface area contributed by atoms with Gasteiger partial charge in [-0.05, 0) is 31.5 Å². The number of aliphatic hydroxyl groups excluding tert-OH is 1. The fourth-order valence-corrected chi connectivity index (χ4v) is 2.58. The second-order valence-corrected chi connectivity index (χ2v) is 5.96. The topological polar surface area (TPSA) is 29.5 Å². The van der Waals surface area contributed by atoms with Crippen molar-refractivity contribution >= 4 is 0 Å². The number of benzene rings is 2. The van der Waals surface area contributed by atoms with Crippen LogP contribution < -0.4 is 4.74 Å². The van der Waals surface area contributed by atoms with Gasteiger partial charge < -0.3 is 9.84 Å². The Morgan fingerprint density at radius 1 is 1.10 bits per heavy atom. The zero-order valence-corrected chi connectivity index (χ0v) is 13.3. The third-order valence-electron chi connectivity index (χ3n) is 3.96. The first-order valence-corrected chi connectivity index (χ1v) is 7.43. The number of ether oxygens (including phenoxy) is 1. The standard InChI is InChI=1S/C19H24O2/c1-5-21-17-12-11-14(2)13-16(17)18(20)19(3,4)15-9-7-6-8-10-15/h6-13,18,20H,5H2,1-4H3. The molecule has 2 heteroatoms. The van der Waals surface area contributed by atoms with Gasteiger partial charge in [-0.15, -0.1) is 0 Å². The Kier molecular flexibility index (Phi) is 4.69. The molecule has 0 fully saturated rings. The second kappa shape index (κ2) is 6.31. The summed E-state index contributed by atoms with van der Waals surface area (Å²) >= 11 is 0. The molecule has 0 aliphatic rings. The average molecular weight is 284 g/mol. The highest BCUT2D eigenvalue weighted by Crippen LogP contribution is 2.40. The first-order chi connectivity index (χ1) is 9.96. The quantitative estimate of drug-likeness (QED) is 0.881. The van der Waals surface area contributed by atoms with Crippen molar-refractivity contribution in [2.45, 2.75) is 39.2 Å². The summed E-state index contributed by atoms with van der Waals surface area (Å²) in [6.07, 6.45) is -0.624. The molecule has 2 rings (SSSR count). The smallest absolute Gasteiger partial charge is 0.125 e. The summed E-state index contributed by atoms with van der Waals surface area (Å²) in [6, 6.07) is 16.1. The number of hydrogen-bond donors (Lipinski definition) is 1. The lowest BCUT2D eigenvalue weighted by Crippen LogP contribution is -2.27. The first kappa shape index (κ1) is 15.6. The minimum atomic E-state index is -0.624. The molecule has 0 aliphatic carbocycles. The molecule has 2 nitrogen and oxygen atoms in total. The van der Waals surface area contributed by atoms with Crippen molar-refractivity contribution < 1.29 is 9.84 Å². The Morgan fingerprint density at radius 2 is 1.76 bits per heavy atom. The van der Waals surface area contributed by atoms with Crippen molar-refractivity contribution in [1.82, 2.24) is 0 Å². The predicted octanol–water partition coefficient (Wildman–Crippen LogP) is 4.40. The van der Waals surface area contributed by atoms with Crippen LogP contribution in [0, 0.1) is 6.92 Å². The summed E-state index contributed by atoms with van der Waals surface area (Å²) in [5.74, 6) is 0.764. The van der Waals surface area contributed by atoms with Crippen molar-refractivity contribution in [2.75, 3.05) is 6.61 Å². The molecule has 0 aliphatic heterocycles. The summed E-state index contributed by atoms with van der Waals surface area (Å²) in [4.78, 5) is 0. The van der Waals surface area contributed by atoms with Gasteiger partial charge in [0.15, 0.2) is 0 Å². The van der Waals surface area contributed by atoms with Crippen molar-refractivity contribution in [3.63, 3.8) is 0 Å². The van der Waals surface area contributed by atoms with Crippen LogP contribution in [-0.4, -0.2) is 11.7 Å². The van der Waals surface area contributed by atoms with Crippen LogP contribution in [0.15, 0.2) is 48.5 Å². The molecule has 0 amide bonds. The summed E-state index contributed by atoms with van der Waals surface area (Å²) in [5, 5.41) is 11.0. The van der Waals surface area contributed by atoms with Gasteiger partial charge in [0, 0.05) is 11.0 Å². The molecule has 0 saturated heterocycles. The molecule has 21 heavy (non-hydrogen) atoms. The molecule has 0 radical (unpaired) electrons. The first-order valence-electron chi connectivity index (χ1n) is 7.43. The third kappa shape index (κ3) is 3.27. The molecule has 1 atom stereocenters. The van der Waals surface area contributed by atoms with Gasteiger partial charge in [0.1, 0.15) is 5.75 Å². The molecule has 2 aromatic carbocycles. The van der Waals surface area contributed by atoms with E-state index in [2.05, 4.69) is 26.0 Å². The van der Waals surface area contributed by atoms with Gasteiger partial charge >= 0.3 is 0 Å². The summed E-state index contributed by atoms with van der Waals surface area (Å²) in [6.45, 7) is 8.70. The summed E-state index contributed by atoms with van der Waals surface area (Å²) < 4.78 is 5.68. The van der Waals surface area contributed by atoms with Gasteiger partial charge in [0.25, 0.3) is 0 Å². The molecular formula is C19H24O2. The molecule has 0 heterocycles. The Morgan fingerprint density at radius 3 is 2.38 bits per heavy atom. The Bertz CT molecular complexity index is 588. The lowest BCUT2D eigenvalue weighted by molar-refractivity contribution is 0.0966. The molecule has 2 aromatic rings. The van der Waals surface area contributed by atoms with E-state index in [9.17, 15) is 5.11 Å². The second-order valence-electron chi connectivity index (χ2n) is 5.96. The fraction of sp³-hybridized carbons (Fsp3) is 0.368. The van der Waals surface area contributed by atoms with E-state index in [-0.39, 0.29) is 5.41 Å². The van der Waals surface area contributed by atoms with E-state index < -0.39 is 6.10 Å². The van der Waals surface area contributed by atoms with Crippen LogP contribution in [0.5, 0.6) is 5.75 Å². The van der Waals surface area contributed by atoms with Crippen LogP contribution in [0.1, 0.15) is 43.6 Å². The maximum Gasteiger partial charge on any atom is 0.125 e. The van der Waals surface area contributed by atoms with Crippen LogP contribution in [0.4, 0.5) is 0 Å². The van der Waals surface area contributed by atoms with Crippen LogP contribution >= 0.6 is 0 Å². The summed E-state index contributed by atoms with van der Waals surface area (Å²) in [7, 11) is 0. The molecule has 0 spiro atoms. The van der Waals surface area contributed by atoms with E-state index in [1.54, 1.807) is 0 Å². The van der Waals surface area contributed by atoms with E-state index >= 15 is 0 Å². The monoisotopic (exact) mass is 284 g/mol. The molecule has 1 unspecified atom stereocenters. The lowest BCUT2D eigenvalue weighted by Gasteiger charge is -2.32. The number of hydrogen-bond acceptors (Lipinski definition) is 2. The minimum absolute atomic E-state index is 0.388. The average Bonchev–Trinajstić information content (AvgIpc) is 2.49. The van der Waals surface area contributed by atoms with Gasteiger partial charge in [-0.25, -0.2) is 0 Å². The molecule has 0 bridgehead atoms. The zero-order valence-electron chi connectivity index (χ0n) is 13.3. The van der Waals surface area contributed by atoms with Gasteiger partial charge in [0.2, 0.25) is 0 Å². The maximum atomic E-state index is 11.0. The van der Waals surface area contributed by atoms with E-state index in [4.69, 9.17) is 4.74 Å². The van der Waals surface area contributed by atoms with Crippen molar-refractivity contribution in [2.24, 2.45) is 0 Å². The predicted molar refractivity (Wildman–Crippen MR) is 86.8 cm³/mol. The van der Waals surface area contributed by atoms with Gasteiger partial charge in [-0.3, -0.25) is 0 Å². The van der Waals surface area contributed by atoms with Crippen LogP contribution in [0.3, 0.4) is 0 Å². The highest BCUT2D eigenvalue weighted by Gasteiger charge is 2.32. The van der Waals surface area contributed by atoms with E-state index in [1.165, 1.54) is 0 Å². The van der Waals surface area contributed by atoms with E-state index in [0.717, 1.165) is 22.4 Å². The minimum Gasteiger partial charge on any atom is -0.493 e. The molecule has 0 aromatic heterocycles. The molecule has 1 N–H and O–H groups in total. The van der Waals surface area contributed by atoms with Crippen molar-refractivity contribution in [3.05, 3.63) is 65.2 Å².